The molecule has 186 valence electrons. The average Bonchev–Trinajstić information content (AvgIpc) is 2.91. The number of aromatic nitrogens is 3. The summed E-state index contributed by atoms with van der Waals surface area (Å²) in [6.07, 6.45) is 0.648. The second kappa shape index (κ2) is 9.59. The predicted molar refractivity (Wildman–Crippen MR) is 102 cm³/mol. The van der Waals surface area contributed by atoms with Crippen LogP contribution < -0.4 is 11.4 Å². The van der Waals surface area contributed by atoms with Crippen molar-refractivity contribution in [2.24, 2.45) is 5.92 Å². The maximum absolute atomic E-state index is 15.6. The van der Waals surface area contributed by atoms with E-state index in [2.05, 4.69) is 23.2 Å². The van der Waals surface area contributed by atoms with Crippen LogP contribution in [-0.4, -0.2) is 63.9 Å². The van der Waals surface area contributed by atoms with Crippen LogP contribution in [0.2, 0.25) is 0 Å². The lowest BCUT2D eigenvalue weighted by Gasteiger charge is -2.27. The molecule has 1 aromatic rings. The lowest BCUT2D eigenvalue weighted by molar-refractivity contribution is -0.0798. The van der Waals surface area contributed by atoms with E-state index >= 15 is 4.39 Å². The van der Waals surface area contributed by atoms with Crippen LogP contribution in [0.3, 0.4) is 0 Å². The highest BCUT2D eigenvalue weighted by molar-refractivity contribution is 7.66. The number of halogens is 1. The number of nitrogen functional groups attached to an aromatic ring is 1. The van der Waals surface area contributed by atoms with Gasteiger partial charge in [0.1, 0.15) is 5.82 Å². The number of ether oxygens (including phenoxy) is 1. The van der Waals surface area contributed by atoms with Gasteiger partial charge in [0.2, 0.25) is 11.9 Å². The highest BCUT2D eigenvalue weighted by Crippen LogP contribution is 2.67. The lowest BCUT2D eigenvalue weighted by Crippen LogP contribution is -2.44. The van der Waals surface area contributed by atoms with Crippen molar-refractivity contribution in [3.8, 4) is 12.3 Å². The van der Waals surface area contributed by atoms with Crippen LogP contribution in [0.15, 0.2) is 11.0 Å². The number of nitrogens with two attached hydrogens (primary N) is 1. The number of hydrogen-bond donors (Lipinski definition) is 6. The minimum Gasteiger partial charge on any atom is -0.396 e. The predicted octanol–water partition coefficient (Wildman–Crippen LogP) is -1.20. The normalized spacial score (nSPS) is 30.2. The Bertz CT molecular complexity index is 1140. The van der Waals surface area contributed by atoms with Gasteiger partial charge in [-0.25, -0.2) is 22.9 Å². The molecule has 7 atom stereocenters. The molecule has 4 unspecified atom stereocenters. The molecule has 0 radical (unpaired) electrons. The Hall–Kier alpha value is -1.57. The first-order chi connectivity index (χ1) is 14.9. The number of rotatable bonds is 9. The third kappa shape index (κ3) is 6.52. The Balaban J connectivity index is 2.32. The van der Waals surface area contributed by atoms with E-state index in [1.807, 2.05) is 0 Å². The van der Waals surface area contributed by atoms with Gasteiger partial charge in [0.15, 0.2) is 0 Å². The Morgan fingerprint density at radius 2 is 1.94 bits per heavy atom. The Kier molecular flexibility index (Phi) is 8.04. The van der Waals surface area contributed by atoms with Gasteiger partial charge in [-0.3, -0.25) is 4.52 Å². The molecule has 21 heteroatoms. The summed E-state index contributed by atoms with van der Waals surface area (Å²) in [6, 6.07) is 0. The van der Waals surface area contributed by atoms with Gasteiger partial charge in [0.25, 0.3) is 0 Å². The molecule has 33 heavy (non-hydrogen) atoms. The highest BCUT2D eigenvalue weighted by Gasteiger charge is 2.60. The molecular weight excluding hydrogens is 520 g/mol. The SMILES string of the molecule is C#CC1(F)C(CO)[C@@H]([C@H](C)OP(=O)(O)OP(=O)(O)OP(=O)(O)O)O[C@H]1n1ncc(N)nc1=O. The number of nitrogens with zero attached hydrogens (tertiary/aromatic N) is 3. The van der Waals surface area contributed by atoms with Gasteiger partial charge in [0.05, 0.1) is 30.9 Å². The first-order valence-electron chi connectivity index (χ1n) is 8.41. The van der Waals surface area contributed by atoms with Crippen molar-refractivity contribution in [3.05, 3.63) is 16.7 Å². The maximum atomic E-state index is 15.6. The molecule has 1 aliphatic heterocycles. The molecule has 1 aliphatic rings. The van der Waals surface area contributed by atoms with Crippen molar-refractivity contribution in [1.29, 1.82) is 0 Å². The van der Waals surface area contributed by atoms with E-state index in [9.17, 15) is 33.4 Å². The smallest absolute Gasteiger partial charge is 0.396 e. The van der Waals surface area contributed by atoms with Crippen LogP contribution in [-0.2, 0) is 31.6 Å². The molecule has 0 spiro atoms. The molecule has 1 fully saturated rings. The second-order valence-electron chi connectivity index (χ2n) is 6.46. The van der Waals surface area contributed by atoms with Crippen molar-refractivity contribution in [2.75, 3.05) is 12.3 Å². The Morgan fingerprint density at radius 1 is 1.33 bits per heavy atom. The van der Waals surface area contributed by atoms with Crippen molar-refractivity contribution < 1.29 is 60.6 Å². The van der Waals surface area contributed by atoms with Crippen LogP contribution in [0.25, 0.3) is 0 Å². The molecule has 1 aromatic heterocycles. The van der Waals surface area contributed by atoms with Gasteiger partial charge in [0, 0.05) is 0 Å². The van der Waals surface area contributed by atoms with Crippen molar-refractivity contribution in [3.63, 3.8) is 0 Å². The molecule has 1 saturated heterocycles. The minimum absolute atomic E-state index is 0.310. The summed E-state index contributed by atoms with van der Waals surface area (Å²) in [4.78, 5) is 51.4. The zero-order chi connectivity index (χ0) is 25.4. The van der Waals surface area contributed by atoms with Crippen LogP contribution >= 0.6 is 23.5 Å². The largest absolute Gasteiger partial charge is 0.490 e. The standard InChI is InChI=1S/C12H18FN4O13P3/c1-3-12(13)7(5-18)9(27-10(12)17-11(19)16-8(14)4-15-17)6(2)28-32(23,24)30-33(25,26)29-31(20,21)22/h1,4,6-7,9-10,18H,5H2,2H3,(H,23,24)(H,25,26)(H2,14,16,19)(H2,20,21,22)/t6-,7?,9+,10+,12?/m0/s1. The van der Waals surface area contributed by atoms with Crippen LogP contribution in [0.4, 0.5) is 10.2 Å². The first-order valence-corrected chi connectivity index (χ1v) is 12.9. The van der Waals surface area contributed by atoms with Gasteiger partial charge in [-0.05, 0) is 6.92 Å². The summed E-state index contributed by atoms with van der Waals surface area (Å²) in [5, 5.41) is 13.2. The number of alkyl halides is 1. The number of phosphoric acid groups is 3. The van der Waals surface area contributed by atoms with Crippen molar-refractivity contribution >= 4 is 29.3 Å². The number of terminal acetylenes is 1. The number of hydrogen-bond acceptors (Lipinski definition) is 12. The monoisotopic (exact) mass is 538 g/mol. The fourth-order valence-electron chi connectivity index (χ4n) is 2.94. The molecule has 0 bridgehead atoms. The van der Waals surface area contributed by atoms with E-state index in [0.717, 1.165) is 13.1 Å². The average molecular weight is 538 g/mol. The molecule has 0 aromatic carbocycles. The van der Waals surface area contributed by atoms with Gasteiger partial charge in [-0.15, -0.1) is 6.42 Å². The molecular formula is C12H18FN4O13P3. The summed E-state index contributed by atoms with van der Waals surface area (Å²) in [6.45, 7) is -0.0639. The second-order valence-corrected chi connectivity index (χ2v) is 10.8. The molecule has 2 rings (SSSR count). The zero-order valence-corrected chi connectivity index (χ0v) is 19.0. The number of phosphoric ester groups is 1. The summed E-state index contributed by atoms with van der Waals surface area (Å²) in [5.41, 5.74) is 1.19. The lowest BCUT2D eigenvalue weighted by atomic mass is 9.86. The van der Waals surface area contributed by atoms with Crippen molar-refractivity contribution in [1.82, 2.24) is 14.8 Å². The Labute approximate surface area is 183 Å². The topological polar surface area (TPSA) is 263 Å². The van der Waals surface area contributed by atoms with Gasteiger partial charge in [-0.2, -0.15) is 23.4 Å². The Morgan fingerprint density at radius 3 is 2.42 bits per heavy atom. The van der Waals surface area contributed by atoms with E-state index in [4.69, 9.17) is 26.7 Å². The number of aliphatic hydroxyl groups is 1. The molecule has 0 aliphatic carbocycles. The van der Waals surface area contributed by atoms with E-state index in [-0.39, 0.29) is 5.82 Å². The van der Waals surface area contributed by atoms with E-state index in [1.54, 1.807) is 5.92 Å². The third-order valence-corrected chi connectivity index (χ3v) is 8.06. The van der Waals surface area contributed by atoms with Crippen molar-refractivity contribution in [2.45, 2.75) is 31.0 Å². The fourth-order valence-corrected chi connectivity index (χ4v) is 6.14. The highest BCUT2D eigenvalue weighted by atomic mass is 31.3. The quantitative estimate of drug-likeness (QED) is 0.159. The third-order valence-electron chi connectivity index (χ3n) is 4.13. The molecule has 17 nitrogen and oxygen atoms in total. The van der Waals surface area contributed by atoms with Crippen LogP contribution in [0.5, 0.6) is 0 Å². The summed E-state index contributed by atoms with van der Waals surface area (Å²) >= 11 is 0. The summed E-state index contributed by atoms with van der Waals surface area (Å²) in [5.74, 6) is -0.293. The number of anilines is 1. The molecule has 0 amide bonds. The molecule has 0 saturated carbocycles. The van der Waals surface area contributed by atoms with E-state index in [1.165, 1.54) is 0 Å². The van der Waals surface area contributed by atoms with E-state index in [0.29, 0.717) is 4.68 Å². The zero-order valence-electron chi connectivity index (χ0n) is 16.3. The van der Waals surface area contributed by atoms with Crippen LogP contribution in [0.1, 0.15) is 13.2 Å². The maximum Gasteiger partial charge on any atom is 0.490 e. The van der Waals surface area contributed by atoms with Gasteiger partial charge >= 0.3 is 29.2 Å². The summed E-state index contributed by atoms with van der Waals surface area (Å²) < 4.78 is 67.3. The summed E-state index contributed by atoms with van der Waals surface area (Å²) in [7, 11) is -17.1. The van der Waals surface area contributed by atoms with Gasteiger partial charge in [-0.1, -0.05) is 5.92 Å². The van der Waals surface area contributed by atoms with Crippen LogP contribution in [0, 0.1) is 18.3 Å². The number of aliphatic hydroxyl groups excluding tert-OH is 1. The minimum atomic E-state index is -5.82. The fraction of sp³-hybridized carbons (Fsp3) is 0.583. The first kappa shape index (κ1) is 27.7. The molecule has 7 N–H and O–H groups in total. The van der Waals surface area contributed by atoms with Gasteiger partial charge < -0.3 is 35.2 Å². The van der Waals surface area contributed by atoms with E-state index < -0.39 is 65.8 Å². The molecule has 2 heterocycles.